The fourth-order valence-corrected chi connectivity index (χ4v) is 3.50. The summed E-state index contributed by atoms with van der Waals surface area (Å²) in [5.74, 6) is 0.615. The smallest absolute Gasteiger partial charge is 0.244 e. The van der Waals surface area contributed by atoms with Gasteiger partial charge in [-0.05, 0) is 43.0 Å². The van der Waals surface area contributed by atoms with E-state index in [0.717, 1.165) is 24.8 Å². The summed E-state index contributed by atoms with van der Waals surface area (Å²) in [4.78, 5) is 26.9. The molecule has 1 aliphatic rings. The zero-order valence-electron chi connectivity index (χ0n) is 15.6. The predicted molar refractivity (Wildman–Crippen MR) is 105 cm³/mol. The minimum absolute atomic E-state index is 0.0893. The van der Waals surface area contributed by atoms with Gasteiger partial charge in [0.15, 0.2) is 0 Å². The first kappa shape index (κ1) is 19.0. The molecule has 3 rings (SSSR count). The molecule has 1 fully saturated rings. The van der Waals surface area contributed by atoms with E-state index in [1.165, 1.54) is 6.08 Å². The maximum atomic E-state index is 12.9. The van der Waals surface area contributed by atoms with Crippen LogP contribution in [0, 0.1) is 0 Å². The van der Waals surface area contributed by atoms with Gasteiger partial charge in [0.05, 0.1) is 12.2 Å². The van der Waals surface area contributed by atoms with E-state index in [1.807, 2.05) is 42.2 Å². The third-order valence-electron chi connectivity index (χ3n) is 5.00. The topological polar surface area (TPSA) is 62.6 Å². The van der Waals surface area contributed by atoms with Gasteiger partial charge in [-0.3, -0.25) is 9.59 Å². The molecular formula is C22H26N2O3. The average Bonchev–Trinajstić information content (AvgIpc) is 3.22. The second kappa shape index (κ2) is 9.21. The zero-order chi connectivity index (χ0) is 19.1. The molecule has 1 N–H and O–H groups in total. The Morgan fingerprint density at radius 1 is 1.19 bits per heavy atom. The average molecular weight is 366 g/mol. The molecule has 5 nitrogen and oxygen atoms in total. The molecule has 1 aliphatic heterocycles. The van der Waals surface area contributed by atoms with E-state index in [4.69, 9.17) is 4.42 Å². The third kappa shape index (κ3) is 5.09. The van der Waals surface area contributed by atoms with Crippen molar-refractivity contribution >= 4 is 17.9 Å². The van der Waals surface area contributed by atoms with Crippen LogP contribution in [0.25, 0.3) is 6.08 Å². The van der Waals surface area contributed by atoms with Gasteiger partial charge >= 0.3 is 0 Å². The van der Waals surface area contributed by atoms with Crippen molar-refractivity contribution in [1.29, 1.82) is 0 Å². The molecule has 0 bridgehead atoms. The Morgan fingerprint density at radius 3 is 2.56 bits per heavy atom. The maximum absolute atomic E-state index is 12.9. The number of furan rings is 1. The van der Waals surface area contributed by atoms with Crippen molar-refractivity contribution in [2.45, 2.75) is 38.1 Å². The molecule has 1 saturated heterocycles. The van der Waals surface area contributed by atoms with Crippen LogP contribution in [0.5, 0.6) is 0 Å². The Morgan fingerprint density at radius 2 is 1.93 bits per heavy atom. The normalized spacial score (nSPS) is 16.4. The van der Waals surface area contributed by atoms with E-state index in [2.05, 4.69) is 5.32 Å². The van der Waals surface area contributed by atoms with E-state index < -0.39 is 0 Å². The van der Waals surface area contributed by atoms with Crippen molar-refractivity contribution in [2.75, 3.05) is 13.1 Å². The van der Waals surface area contributed by atoms with Crippen LogP contribution in [0.4, 0.5) is 0 Å². The van der Waals surface area contributed by atoms with Crippen molar-refractivity contribution in [3.63, 3.8) is 0 Å². The van der Waals surface area contributed by atoms with Crippen molar-refractivity contribution in [2.24, 2.45) is 0 Å². The van der Waals surface area contributed by atoms with Crippen molar-refractivity contribution in [3.8, 4) is 0 Å². The highest BCUT2D eigenvalue weighted by molar-refractivity contribution is 5.91. The first-order chi connectivity index (χ1) is 13.2. The van der Waals surface area contributed by atoms with Gasteiger partial charge in [0.2, 0.25) is 11.8 Å². The van der Waals surface area contributed by atoms with Gasteiger partial charge in [-0.15, -0.1) is 0 Å². The molecule has 1 atom stereocenters. The van der Waals surface area contributed by atoms with E-state index in [-0.39, 0.29) is 23.8 Å². The van der Waals surface area contributed by atoms with Gasteiger partial charge < -0.3 is 14.6 Å². The molecule has 0 spiro atoms. The molecule has 2 heterocycles. The molecule has 1 aromatic heterocycles. The van der Waals surface area contributed by atoms with Gasteiger partial charge in [0, 0.05) is 25.2 Å². The second-order valence-corrected chi connectivity index (χ2v) is 6.83. The van der Waals surface area contributed by atoms with E-state index in [9.17, 15) is 9.59 Å². The summed E-state index contributed by atoms with van der Waals surface area (Å²) in [6.07, 6.45) is 7.05. The van der Waals surface area contributed by atoms with Gasteiger partial charge in [0.1, 0.15) is 5.76 Å². The number of nitrogens with one attached hydrogen (secondary N) is 1. The number of likely N-dealkylation sites (tertiary alicyclic amines) is 1. The monoisotopic (exact) mass is 366 g/mol. The molecule has 5 heteroatoms. The third-order valence-corrected chi connectivity index (χ3v) is 5.00. The van der Waals surface area contributed by atoms with Crippen LogP contribution < -0.4 is 5.32 Å². The summed E-state index contributed by atoms with van der Waals surface area (Å²) in [6.45, 7) is 3.40. The lowest BCUT2D eigenvalue weighted by Crippen LogP contribution is -2.47. The quantitative estimate of drug-likeness (QED) is 0.795. The summed E-state index contributed by atoms with van der Waals surface area (Å²) >= 11 is 0. The van der Waals surface area contributed by atoms with Gasteiger partial charge in [0.25, 0.3) is 0 Å². The van der Waals surface area contributed by atoms with E-state index >= 15 is 0 Å². The van der Waals surface area contributed by atoms with Crippen LogP contribution in [0.1, 0.15) is 43.4 Å². The van der Waals surface area contributed by atoms with Crippen LogP contribution in [0.2, 0.25) is 0 Å². The van der Waals surface area contributed by atoms with Gasteiger partial charge in [-0.1, -0.05) is 37.3 Å². The first-order valence-corrected chi connectivity index (χ1v) is 9.53. The number of piperidine rings is 1. The number of carbonyl (C=O) groups is 2. The Kier molecular flexibility index (Phi) is 6.47. The minimum atomic E-state index is -0.133. The molecule has 1 unspecified atom stereocenters. The number of rotatable bonds is 6. The van der Waals surface area contributed by atoms with E-state index in [1.54, 1.807) is 24.5 Å². The van der Waals surface area contributed by atoms with Crippen LogP contribution in [0.15, 0.2) is 59.2 Å². The first-order valence-electron chi connectivity index (χ1n) is 9.53. The number of nitrogens with zero attached hydrogens (tertiary/aromatic N) is 1. The Hall–Kier alpha value is -2.82. The number of carbonyl (C=O) groups excluding carboxylic acids is 2. The fraction of sp³-hybridized carbons (Fsp3) is 0.364. The fourth-order valence-electron chi connectivity index (χ4n) is 3.50. The summed E-state index contributed by atoms with van der Waals surface area (Å²) in [5, 5.41) is 3.01. The number of amides is 2. The summed E-state index contributed by atoms with van der Waals surface area (Å²) in [7, 11) is 0. The van der Waals surface area contributed by atoms with E-state index in [0.29, 0.717) is 18.8 Å². The highest BCUT2D eigenvalue weighted by Gasteiger charge is 2.28. The lowest BCUT2D eigenvalue weighted by molar-refractivity contribution is -0.134. The Bertz CT molecular complexity index is 760. The van der Waals surface area contributed by atoms with Crippen molar-refractivity contribution in [1.82, 2.24) is 10.2 Å². The number of benzene rings is 1. The minimum Gasteiger partial charge on any atom is -0.465 e. The Balaban J connectivity index is 1.49. The lowest BCUT2D eigenvalue weighted by Gasteiger charge is -2.34. The largest absolute Gasteiger partial charge is 0.465 e. The van der Waals surface area contributed by atoms with Crippen molar-refractivity contribution in [3.05, 3.63) is 66.1 Å². The molecule has 2 amide bonds. The van der Waals surface area contributed by atoms with Gasteiger partial charge in [-0.25, -0.2) is 0 Å². The van der Waals surface area contributed by atoms with Crippen LogP contribution in [0.3, 0.4) is 0 Å². The Labute approximate surface area is 160 Å². The second-order valence-electron chi connectivity index (χ2n) is 6.83. The molecule has 0 aliphatic carbocycles. The summed E-state index contributed by atoms with van der Waals surface area (Å²) in [5.41, 5.74) is 1.07. The molecule has 2 aromatic rings. The van der Waals surface area contributed by atoms with Crippen molar-refractivity contribution < 1.29 is 14.0 Å². The molecule has 0 saturated carbocycles. The molecule has 0 radical (unpaired) electrons. The number of hydrogen-bond donors (Lipinski definition) is 1. The SMILES string of the molecule is CCC(C(=O)N1CCC(NC(=O)C=Cc2ccco2)CC1)c1ccccc1. The summed E-state index contributed by atoms with van der Waals surface area (Å²) < 4.78 is 5.17. The van der Waals surface area contributed by atoms with Crippen LogP contribution in [-0.4, -0.2) is 35.8 Å². The number of hydrogen-bond acceptors (Lipinski definition) is 3. The predicted octanol–water partition coefficient (Wildman–Crippen LogP) is 3.59. The molecule has 27 heavy (non-hydrogen) atoms. The molecular weight excluding hydrogens is 340 g/mol. The molecule has 142 valence electrons. The standard InChI is InChI=1S/C22H26N2O3/c1-2-20(17-7-4-3-5-8-17)22(26)24-14-12-18(13-15-24)23-21(25)11-10-19-9-6-16-27-19/h3-11,16,18,20H,2,12-15H2,1H3,(H,23,25). The summed E-state index contributed by atoms with van der Waals surface area (Å²) in [6, 6.07) is 13.6. The highest BCUT2D eigenvalue weighted by Crippen LogP contribution is 2.24. The van der Waals surface area contributed by atoms with Crippen LogP contribution >= 0.6 is 0 Å². The van der Waals surface area contributed by atoms with Gasteiger partial charge in [-0.2, -0.15) is 0 Å². The van der Waals surface area contributed by atoms with Crippen LogP contribution in [-0.2, 0) is 9.59 Å². The zero-order valence-corrected chi connectivity index (χ0v) is 15.6. The lowest BCUT2D eigenvalue weighted by atomic mass is 9.93. The molecule has 1 aromatic carbocycles. The maximum Gasteiger partial charge on any atom is 0.244 e. The highest BCUT2D eigenvalue weighted by atomic mass is 16.3.